The Kier molecular flexibility index (Phi) is 5.08. The summed E-state index contributed by atoms with van der Waals surface area (Å²) in [7, 11) is 0. The van der Waals surface area contributed by atoms with E-state index in [9.17, 15) is 9.59 Å². The van der Waals surface area contributed by atoms with Crippen LogP contribution in [0.15, 0.2) is 24.3 Å². The lowest BCUT2D eigenvalue weighted by Crippen LogP contribution is -2.14. The van der Waals surface area contributed by atoms with Gasteiger partial charge in [-0.3, -0.25) is 9.59 Å². The molecule has 0 heterocycles. The van der Waals surface area contributed by atoms with Crippen molar-refractivity contribution in [3.8, 4) is 0 Å². The van der Waals surface area contributed by atoms with E-state index in [-0.39, 0.29) is 23.6 Å². The molecule has 0 bridgehead atoms. The molecule has 16 heavy (non-hydrogen) atoms. The van der Waals surface area contributed by atoms with Crippen LogP contribution >= 0.6 is 23.2 Å². The Morgan fingerprint density at radius 3 is 1.81 bits per heavy atom. The van der Waals surface area contributed by atoms with Gasteiger partial charge in [0.05, 0.1) is 0 Å². The van der Waals surface area contributed by atoms with Crippen LogP contribution in [-0.2, 0) is 9.59 Å². The predicted octanol–water partition coefficient (Wildman–Crippen LogP) is 2.04. The fourth-order valence-corrected chi connectivity index (χ4v) is 1.20. The molecule has 0 aromatic heterocycles. The lowest BCUT2D eigenvalue weighted by molar-refractivity contribution is -0.114. The number of hydrogen-bond donors (Lipinski definition) is 2. The van der Waals surface area contributed by atoms with Gasteiger partial charge in [-0.2, -0.15) is 0 Å². The van der Waals surface area contributed by atoms with Gasteiger partial charge < -0.3 is 10.6 Å². The number of anilines is 2. The highest BCUT2D eigenvalue weighted by atomic mass is 35.5. The van der Waals surface area contributed by atoms with Gasteiger partial charge in [-0.05, 0) is 18.2 Å². The maximum absolute atomic E-state index is 11.0. The first-order chi connectivity index (χ1) is 7.65. The van der Waals surface area contributed by atoms with Crippen LogP contribution in [-0.4, -0.2) is 23.6 Å². The standard InChI is InChI=1S/C10H10Cl2N2O2/c11-5-9(15)13-7-2-1-3-8(4-7)14-10(16)6-12/h1-4H,5-6H2,(H,13,15)(H,14,16). The van der Waals surface area contributed by atoms with Gasteiger partial charge >= 0.3 is 0 Å². The first-order valence-corrected chi connectivity index (χ1v) is 5.54. The van der Waals surface area contributed by atoms with Crippen molar-refractivity contribution in [3.05, 3.63) is 24.3 Å². The van der Waals surface area contributed by atoms with Gasteiger partial charge in [-0.25, -0.2) is 0 Å². The largest absolute Gasteiger partial charge is 0.325 e. The average molecular weight is 261 g/mol. The zero-order valence-electron chi connectivity index (χ0n) is 8.30. The monoisotopic (exact) mass is 260 g/mol. The Morgan fingerprint density at radius 1 is 1.00 bits per heavy atom. The summed E-state index contributed by atoms with van der Waals surface area (Å²) in [6, 6.07) is 6.71. The minimum atomic E-state index is -0.303. The van der Waals surface area contributed by atoms with Crippen LogP contribution in [0.5, 0.6) is 0 Å². The number of nitrogens with one attached hydrogen (secondary N) is 2. The Hall–Kier alpha value is -1.26. The number of hydrogen-bond acceptors (Lipinski definition) is 2. The second kappa shape index (κ2) is 6.35. The smallest absolute Gasteiger partial charge is 0.239 e. The summed E-state index contributed by atoms with van der Waals surface area (Å²) >= 11 is 10.7. The van der Waals surface area contributed by atoms with E-state index in [1.54, 1.807) is 24.3 Å². The van der Waals surface area contributed by atoms with Gasteiger partial charge in [-0.1, -0.05) is 6.07 Å². The summed E-state index contributed by atoms with van der Waals surface area (Å²) in [5, 5.41) is 5.14. The number of amides is 2. The molecule has 2 amide bonds. The van der Waals surface area contributed by atoms with E-state index in [2.05, 4.69) is 10.6 Å². The van der Waals surface area contributed by atoms with Crippen LogP contribution in [0.1, 0.15) is 0 Å². The highest BCUT2D eigenvalue weighted by molar-refractivity contribution is 6.29. The minimum Gasteiger partial charge on any atom is -0.325 e. The van der Waals surface area contributed by atoms with Crippen molar-refractivity contribution in [3.63, 3.8) is 0 Å². The quantitative estimate of drug-likeness (QED) is 0.815. The summed E-state index contributed by atoms with van der Waals surface area (Å²) in [5.41, 5.74) is 1.14. The second-order valence-corrected chi connectivity index (χ2v) is 3.48. The maximum atomic E-state index is 11.0. The normalized spacial score (nSPS) is 9.62. The SMILES string of the molecule is O=C(CCl)Nc1cccc(NC(=O)CCl)c1. The van der Waals surface area contributed by atoms with E-state index in [1.165, 1.54) is 0 Å². The molecule has 4 nitrogen and oxygen atoms in total. The van der Waals surface area contributed by atoms with Gasteiger partial charge in [0.25, 0.3) is 0 Å². The van der Waals surface area contributed by atoms with Crippen LogP contribution in [0.4, 0.5) is 11.4 Å². The summed E-state index contributed by atoms with van der Waals surface area (Å²) in [4.78, 5) is 22.0. The summed E-state index contributed by atoms with van der Waals surface area (Å²) < 4.78 is 0. The molecular formula is C10H10Cl2N2O2. The molecule has 0 unspecified atom stereocenters. The van der Waals surface area contributed by atoms with E-state index in [0.29, 0.717) is 11.4 Å². The first kappa shape index (κ1) is 12.8. The molecule has 0 aliphatic heterocycles. The van der Waals surface area contributed by atoms with Gasteiger partial charge in [0.1, 0.15) is 11.8 Å². The van der Waals surface area contributed by atoms with Gasteiger partial charge in [0.2, 0.25) is 11.8 Å². The van der Waals surface area contributed by atoms with Crippen LogP contribution in [0.25, 0.3) is 0 Å². The molecule has 0 saturated carbocycles. The number of carbonyl (C=O) groups is 2. The maximum Gasteiger partial charge on any atom is 0.239 e. The molecule has 1 rings (SSSR count). The van der Waals surface area contributed by atoms with Crippen LogP contribution in [0, 0.1) is 0 Å². The van der Waals surface area contributed by atoms with Crippen molar-refractivity contribution >= 4 is 46.4 Å². The Balaban J connectivity index is 2.71. The number of alkyl halides is 2. The summed E-state index contributed by atoms with van der Waals surface area (Å²) in [6.07, 6.45) is 0. The van der Waals surface area contributed by atoms with Crippen LogP contribution in [0.3, 0.4) is 0 Å². The van der Waals surface area contributed by atoms with E-state index >= 15 is 0 Å². The molecule has 86 valence electrons. The summed E-state index contributed by atoms with van der Waals surface area (Å²) in [5.74, 6) is -0.832. The predicted molar refractivity (Wildman–Crippen MR) is 65.1 cm³/mol. The zero-order valence-corrected chi connectivity index (χ0v) is 9.81. The third-order valence-corrected chi connectivity index (χ3v) is 2.16. The second-order valence-electron chi connectivity index (χ2n) is 2.94. The molecule has 0 saturated heterocycles. The fourth-order valence-electron chi connectivity index (χ4n) is 1.06. The van der Waals surface area contributed by atoms with E-state index in [1.807, 2.05) is 0 Å². The van der Waals surface area contributed by atoms with Crippen LogP contribution in [0.2, 0.25) is 0 Å². The highest BCUT2D eigenvalue weighted by Gasteiger charge is 2.03. The van der Waals surface area contributed by atoms with E-state index in [0.717, 1.165) is 0 Å². The highest BCUT2D eigenvalue weighted by Crippen LogP contribution is 2.15. The molecule has 0 atom stereocenters. The topological polar surface area (TPSA) is 58.2 Å². The van der Waals surface area contributed by atoms with Gasteiger partial charge in [0.15, 0.2) is 0 Å². The molecular weight excluding hydrogens is 251 g/mol. The first-order valence-electron chi connectivity index (χ1n) is 4.47. The Labute approximate surface area is 103 Å². The summed E-state index contributed by atoms with van der Waals surface area (Å²) in [6.45, 7) is 0. The van der Waals surface area contributed by atoms with Crippen LogP contribution < -0.4 is 10.6 Å². The molecule has 0 radical (unpaired) electrons. The van der Waals surface area contributed by atoms with Crippen molar-refractivity contribution in [1.82, 2.24) is 0 Å². The fraction of sp³-hybridized carbons (Fsp3) is 0.200. The zero-order chi connectivity index (χ0) is 12.0. The van der Waals surface area contributed by atoms with Crippen molar-refractivity contribution in [2.75, 3.05) is 22.4 Å². The molecule has 0 aliphatic rings. The van der Waals surface area contributed by atoms with Crippen molar-refractivity contribution in [1.29, 1.82) is 0 Å². The molecule has 1 aromatic rings. The molecule has 6 heteroatoms. The molecule has 2 N–H and O–H groups in total. The average Bonchev–Trinajstić information content (AvgIpc) is 2.29. The minimum absolute atomic E-state index is 0.113. The Morgan fingerprint density at radius 2 is 1.44 bits per heavy atom. The van der Waals surface area contributed by atoms with Gasteiger partial charge in [-0.15, -0.1) is 23.2 Å². The third kappa shape index (κ3) is 4.08. The number of carbonyl (C=O) groups excluding carboxylic acids is 2. The lowest BCUT2D eigenvalue weighted by Gasteiger charge is -2.06. The molecule has 1 aromatic carbocycles. The lowest BCUT2D eigenvalue weighted by atomic mass is 10.2. The number of benzene rings is 1. The third-order valence-electron chi connectivity index (χ3n) is 1.67. The molecule has 0 spiro atoms. The molecule has 0 aliphatic carbocycles. The van der Waals surface area contributed by atoms with E-state index in [4.69, 9.17) is 23.2 Å². The van der Waals surface area contributed by atoms with Gasteiger partial charge in [0, 0.05) is 11.4 Å². The Bertz CT molecular complexity index is 363. The number of halogens is 2. The molecule has 0 fully saturated rings. The van der Waals surface area contributed by atoms with Crippen molar-refractivity contribution in [2.24, 2.45) is 0 Å². The number of rotatable bonds is 4. The van der Waals surface area contributed by atoms with Crippen molar-refractivity contribution in [2.45, 2.75) is 0 Å². The van der Waals surface area contributed by atoms with Crippen molar-refractivity contribution < 1.29 is 9.59 Å². The van der Waals surface area contributed by atoms with E-state index < -0.39 is 0 Å².